The van der Waals surface area contributed by atoms with E-state index in [-0.39, 0.29) is 0 Å². The second-order valence-corrected chi connectivity index (χ2v) is 4.59. The van der Waals surface area contributed by atoms with Crippen LogP contribution in [0, 0.1) is 5.41 Å². The zero-order valence-electron chi connectivity index (χ0n) is 7.22. The number of nitrogens with zero attached hydrogens (tertiary/aromatic N) is 1. The first-order chi connectivity index (χ1) is 4.61. The van der Waals surface area contributed by atoms with Gasteiger partial charge in [-0.05, 0) is 32.1 Å². The zero-order chi connectivity index (χ0) is 7.35. The maximum absolute atomic E-state index is 2.65. The van der Waals surface area contributed by atoms with Crippen molar-refractivity contribution in [1.29, 1.82) is 0 Å². The molecule has 10 heavy (non-hydrogen) atoms. The van der Waals surface area contributed by atoms with E-state index in [0.717, 1.165) is 12.1 Å². The van der Waals surface area contributed by atoms with Gasteiger partial charge in [-0.1, -0.05) is 6.92 Å². The molecule has 0 saturated carbocycles. The van der Waals surface area contributed by atoms with Gasteiger partial charge in [0, 0.05) is 18.6 Å². The summed E-state index contributed by atoms with van der Waals surface area (Å²) < 4.78 is 0. The fourth-order valence-corrected chi connectivity index (χ4v) is 3.06. The van der Waals surface area contributed by atoms with Gasteiger partial charge in [-0.25, -0.2) is 0 Å². The van der Waals surface area contributed by atoms with Crippen molar-refractivity contribution < 1.29 is 0 Å². The molecule has 2 rings (SSSR count). The Kier molecular flexibility index (Phi) is 1.17. The fraction of sp³-hybridized carbons (Fsp3) is 1.00. The molecule has 2 aliphatic rings. The molecule has 2 aliphatic heterocycles. The van der Waals surface area contributed by atoms with Gasteiger partial charge in [-0.15, -0.1) is 0 Å². The second-order valence-electron chi connectivity index (χ2n) is 4.59. The van der Waals surface area contributed by atoms with Crippen molar-refractivity contribution in [3.8, 4) is 0 Å². The summed E-state index contributed by atoms with van der Waals surface area (Å²) in [7, 11) is 0. The molecule has 0 spiro atoms. The maximum Gasteiger partial charge on any atom is 0.00756 e. The maximum atomic E-state index is 2.65. The average Bonchev–Trinajstić information content (AvgIpc) is 2.17. The highest BCUT2D eigenvalue weighted by Gasteiger charge is 2.47. The molecule has 2 atom stereocenters. The van der Waals surface area contributed by atoms with Gasteiger partial charge in [0.1, 0.15) is 0 Å². The lowest BCUT2D eigenvalue weighted by Crippen LogP contribution is -2.34. The van der Waals surface area contributed by atoms with Gasteiger partial charge in [0.05, 0.1) is 0 Å². The van der Waals surface area contributed by atoms with E-state index >= 15 is 0 Å². The topological polar surface area (TPSA) is 3.24 Å². The first-order valence-corrected chi connectivity index (χ1v) is 4.36. The summed E-state index contributed by atoms with van der Waals surface area (Å²) in [4.78, 5) is 2.65. The normalized spacial score (nSPS) is 59.7. The molecule has 0 aromatic carbocycles. The molecule has 2 bridgehead atoms. The van der Waals surface area contributed by atoms with E-state index in [1.165, 1.54) is 19.4 Å². The van der Waals surface area contributed by atoms with Crippen LogP contribution in [0.15, 0.2) is 0 Å². The highest BCUT2D eigenvalue weighted by atomic mass is 15.2. The Hall–Kier alpha value is -0.0400. The molecular weight excluding hydrogens is 122 g/mol. The molecule has 0 aliphatic carbocycles. The molecule has 2 unspecified atom stereocenters. The monoisotopic (exact) mass is 139 g/mol. The van der Waals surface area contributed by atoms with Crippen molar-refractivity contribution in [3.05, 3.63) is 0 Å². The molecule has 0 radical (unpaired) electrons. The third-order valence-electron chi connectivity index (χ3n) is 3.27. The van der Waals surface area contributed by atoms with Gasteiger partial charge in [0.15, 0.2) is 0 Å². The van der Waals surface area contributed by atoms with E-state index in [2.05, 4.69) is 25.7 Å². The molecule has 0 amide bonds. The minimum Gasteiger partial charge on any atom is -0.297 e. The molecule has 2 heterocycles. The fourth-order valence-electron chi connectivity index (χ4n) is 3.06. The largest absolute Gasteiger partial charge is 0.297 e. The van der Waals surface area contributed by atoms with E-state index in [0.29, 0.717) is 5.41 Å². The first-order valence-electron chi connectivity index (χ1n) is 4.36. The number of hydrogen-bond donors (Lipinski definition) is 0. The lowest BCUT2D eigenvalue weighted by Gasteiger charge is -2.29. The third-order valence-corrected chi connectivity index (χ3v) is 3.27. The summed E-state index contributed by atoms with van der Waals surface area (Å²) in [6, 6.07) is 1.71. The molecular formula is C9H17N. The lowest BCUT2D eigenvalue weighted by atomic mass is 9.82. The molecule has 1 nitrogen and oxygen atoms in total. The van der Waals surface area contributed by atoms with Gasteiger partial charge >= 0.3 is 0 Å². The van der Waals surface area contributed by atoms with Crippen molar-refractivity contribution in [2.24, 2.45) is 5.41 Å². The van der Waals surface area contributed by atoms with Crippen molar-refractivity contribution in [2.75, 3.05) is 6.54 Å². The van der Waals surface area contributed by atoms with Gasteiger partial charge < -0.3 is 0 Å². The summed E-state index contributed by atoms with van der Waals surface area (Å²) >= 11 is 0. The van der Waals surface area contributed by atoms with Gasteiger partial charge in [0.25, 0.3) is 0 Å². The number of rotatable bonds is 0. The lowest BCUT2D eigenvalue weighted by molar-refractivity contribution is 0.198. The van der Waals surface area contributed by atoms with Crippen molar-refractivity contribution in [3.63, 3.8) is 0 Å². The van der Waals surface area contributed by atoms with Crippen LogP contribution in [-0.4, -0.2) is 23.5 Å². The number of piperidine rings is 1. The SMILES string of the molecule is CC1CC2(C)CC(C)N1C2. The Bertz CT molecular complexity index is 141. The molecule has 0 aromatic heterocycles. The molecule has 58 valence electrons. The first kappa shape index (κ1) is 6.66. The number of hydrogen-bond acceptors (Lipinski definition) is 1. The summed E-state index contributed by atoms with van der Waals surface area (Å²) in [6.07, 6.45) is 2.86. The highest BCUT2D eigenvalue weighted by Crippen LogP contribution is 2.46. The molecule has 0 N–H and O–H groups in total. The molecule has 2 saturated heterocycles. The van der Waals surface area contributed by atoms with E-state index in [9.17, 15) is 0 Å². The van der Waals surface area contributed by atoms with E-state index in [1.54, 1.807) is 0 Å². The van der Waals surface area contributed by atoms with Gasteiger partial charge in [-0.2, -0.15) is 0 Å². The van der Waals surface area contributed by atoms with Crippen LogP contribution in [0.1, 0.15) is 33.6 Å². The van der Waals surface area contributed by atoms with Crippen molar-refractivity contribution in [1.82, 2.24) is 4.90 Å². The Morgan fingerprint density at radius 2 is 1.70 bits per heavy atom. The van der Waals surface area contributed by atoms with E-state index in [1.807, 2.05) is 0 Å². The van der Waals surface area contributed by atoms with Crippen LogP contribution in [0.2, 0.25) is 0 Å². The predicted octanol–water partition coefficient (Wildman–Crippen LogP) is 1.88. The minimum absolute atomic E-state index is 0.679. The zero-order valence-corrected chi connectivity index (χ0v) is 7.22. The molecule has 0 aromatic rings. The van der Waals surface area contributed by atoms with Gasteiger partial charge in [-0.3, -0.25) is 4.90 Å². The van der Waals surface area contributed by atoms with E-state index < -0.39 is 0 Å². The van der Waals surface area contributed by atoms with Crippen molar-refractivity contribution >= 4 is 0 Å². The highest BCUT2D eigenvalue weighted by molar-refractivity contribution is 5.01. The second kappa shape index (κ2) is 1.76. The predicted molar refractivity (Wildman–Crippen MR) is 43.0 cm³/mol. The summed E-state index contributed by atoms with van der Waals surface area (Å²) in [5, 5.41) is 0. The van der Waals surface area contributed by atoms with Crippen LogP contribution in [0.4, 0.5) is 0 Å². The van der Waals surface area contributed by atoms with Crippen LogP contribution in [-0.2, 0) is 0 Å². The summed E-state index contributed by atoms with van der Waals surface area (Å²) in [5.74, 6) is 0. The quantitative estimate of drug-likeness (QED) is 0.495. The standard InChI is InChI=1S/C9H17N/c1-7-4-9(3)5-8(2)10(7)6-9/h7-8H,4-6H2,1-3H3. The Balaban J connectivity index is 2.21. The van der Waals surface area contributed by atoms with Crippen LogP contribution in [0.5, 0.6) is 0 Å². The Morgan fingerprint density at radius 3 is 1.90 bits per heavy atom. The van der Waals surface area contributed by atoms with Crippen LogP contribution in [0.3, 0.4) is 0 Å². The third kappa shape index (κ3) is 0.731. The average molecular weight is 139 g/mol. The van der Waals surface area contributed by atoms with Gasteiger partial charge in [0.2, 0.25) is 0 Å². The van der Waals surface area contributed by atoms with Crippen LogP contribution >= 0.6 is 0 Å². The molecule has 2 fully saturated rings. The Labute approximate surface area is 63.4 Å². The smallest absolute Gasteiger partial charge is 0.00756 e. The van der Waals surface area contributed by atoms with Crippen LogP contribution in [0.25, 0.3) is 0 Å². The summed E-state index contributed by atoms with van der Waals surface area (Å²) in [5.41, 5.74) is 0.679. The number of fused-ring (bicyclic) bond motifs is 2. The van der Waals surface area contributed by atoms with Crippen LogP contribution < -0.4 is 0 Å². The summed E-state index contributed by atoms with van der Waals surface area (Å²) in [6.45, 7) is 8.52. The Morgan fingerprint density at radius 1 is 1.20 bits per heavy atom. The molecule has 1 heteroatoms. The van der Waals surface area contributed by atoms with E-state index in [4.69, 9.17) is 0 Å². The minimum atomic E-state index is 0.679. The van der Waals surface area contributed by atoms with Crippen molar-refractivity contribution in [2.45, 2.75) is 45.7 Å².